The Bertz CT molecular complexity index is 454. The molecule has 6 nitrogen and oxygen atoms in total. The maximum atomic E-state index is 11.6. The fourth-order valence-electron chi connectivity index (χ4n) is 2.22. The SMILES string of the molecule is CCCCCCCC=O.COCCOC(=O)C(Cc1ccccc1)NN. The number of carbonyl (C=O) groups excluding carboxylic acids is 2. The number of methoxy groups -OCH3 is 1. The monoisotopic (exact) mass is 366 g/mol. The highest BCUT2D eigenvalue weighted by atomic mass is 16.6. The number of hydrazine groups is 1. The van der Waals surface area contributed by atoms with Crippen molar-refractivity contribution in [2.75, 3.05) is 20.3 Å². The fourth-order valence-corrected chi connectivity index (χ4v) is 2.22. The summed E-state index contributed by atoms with van der Waals surface area (Å²) in [5.74, 6) is 4.98. The maximum Gasteiger partial charge on any atom is 0.324 e. The predicted octanol–water partition coefficient (Wildman–Crippen LogP) is 2.80. The summed E-state index contributed by atoms with van der Waals surface area (Å²) in [6.07, 6.45) is 8.47. The molecule has 1 atom stereocenters. The van der Waals surface area contributed by atoms with Gasteiger partial charge in [0.1, 0.15) is 18.9 Å². The van der Waals surface area contributed by atoms with Crippen molar-refractivity contribution >= 4 is 12.3 Å². The zero-order valence-electron chi connectivity index (χ0n) is 16.1. The summed E-state index contributed by atoms with van der Waals surface area (Å²) < 4.78 is 9.80. The maximum absolute atomic E-state index is 11.6. The Morgan fingerprint density at radius 1 is 1.15 bits per heavy atom. The minimum Gasteiger partial charge on any atom is -0.462 e. The molecule has 0 fully saturated rings. The van der Waals surface area contributed by atoms with Crippen LogP contribution in [0.5, 0.6) is 0 Å². The van der Waals surface area contributed by atoms with Gasteiger partial charge >= 0.3 is 5.97 Å². The van der Waals surface area contributed by atoms with E-state index in [1.165, 1.54) is 25.7 Å². The van der Waals surface area contributed by atoms with Crippen molar-refractivity contribution in [3.63, 3.8) is 0 Å². The summed E-state index contributed by atoms with van der Waals surface area (Å²) in [4.78, 5) is 21.5. The van der Waals surface area contributed by atoms with E-state index in [-0.39, 0.29) is 12.6 Å². The molecule has 0 heterocycles. The molecule has 1 aromatic carbocycles. The van der Waals surface area contributed by atoms with Crippen LogP contribution in [0.25, 0.3) is 0 Å². The van der Waals surface area contributed by atoms with E-state index in [9.17, 15) is 9.59 Å². The van der Waals surface area contributed by atoms with Gasteiger partial charge in [0.25, 0.3) is 0 Å². The van der Waals surface area contributed by atoms with Gasteiger partial charge in [-0.3, -0.25) is 10.6 Å². The molecule has 0 aromatic heterocycles. The van der Waals surface area contributed by atoms with E-state index in [4.69, 9.17) is 15.3 Å². The lowest BCUT2D eigenvalue weighted by atomic mass is 10.1. The van der Waals surface area contributed by atoms with Crippen molar-refractivity contribution in [3.05, 3.63) is 35.9 Å². The van der Waals surface area contributed by atoms with Gasteiger partial charge in [-0.1, -0.05) is 62.9 Å². The van der Waals surface area contributed by atoms with Crippen LogP contribution in [0.15, 0.2) is 30.3 Å². The van der Waals surface area contributed by atoms with Crippen LogP contribution >= 0.6 is 0 Å². The number of esters is 1. The van der Waals surface area contributed by atoms with Gasteiger partial charge in [-0.25, -0.2) is 5.43 Å². The van der Waals surface area contributed by atoms with E-state index < -0.39 is 6.04 Å². The molecule has 0 amide bonds. The number of nitrogens with two attached hydrogens (primary N) is 1. The first-order chi connectivity index (χ1) is 12.7. The van der Waals surface area contributed by atoms with E-state index in [1.807, 2.05) is 30.3 Å². The minimum absolute atomic E-state index is 0.238. The molecule has 1 aromatic rings. The van der Waals surface area contributed by atoms with Gasteiger partial charge in [-0.05, 0) is 18.4 Å². The summed E-state index contributed by atoms with van der Waals surface area (Å²) in [6.45, 7) is 2.82. The lowest BCUT2D eigenvalue weighted by Gasteiger charge is -2.14. The van der Waals surface area contributed by atoms with Crippen molar-refractivity contribution in [2.45, 2.75) is 57.9 Å². The van der Waals surface area contributed by atoms with Gasteiger partial charge < -0.3 is 14.3 Å². The zero-order valence-corrected chi connectivity index (χ0v) is 16.1. The van der Waals surface area contributed by atoms with Gasteiger partial charge in [0.2, 0.25) is 0 Å². The predicted molar refractivity (Wildman–Crippen MR) is 104 cm³/mol. The Morgan fingerprint density at radius 3 is 2.42 bits per heavy atom. The zero-order chi connectivity index (χ0) is 19.5. The molecule has 1 rings (SSSR count). The first-order valence-corrected chi connectivity index (χ1v) is 9.28. The number of aldehydes is 1. The van der Waals surface area contributed by atoms with Crippen molar-refractivity contribution in [2.24, 2.45) is 5.84 Å². The molecule has 6 heteroatoms. The number of nitrogens with one attached hydrogen (secondary N) is 1. The highest BCUT2D eigenvalue weighted by Crippen LogP contribution is 2.04. The molecule has 0 aliphatic carbocycles. The first kappa shape index (κ1) is 24.2. The first-order valence-electron chi connectivity index (χ1n) is 9.28. The highest BCUT2D eigenvalue weighted by Gasteiger charge is 2.18. The van der Waals surface area contributed by atoms with Crippen LogP contribution in [0.3, 0.4) is 0 Å². The van der Waals surface area contributed by atoms with Gasteiger partial charge in [-0.15, -0.1) is 0 Å². The lowest BCUT2D eigenvalue weighted by molar-refractivity contribution is -0.147. The highest BCUT2D eigenvalue weighted by molar-refractivity contribution is 5.76. The summed E-state index contributed by atoms with van der Waals surface area (Å²) in [6, 6.07) is 9.10. The van der Waals surface area contributed by atoms with Crippen molar-refractivity contribution in [1.29, 1.82) is 0 Å². The third-order valence-corrected chi connectivity index (χ3v) is 3.73. The largest absolute Gasteiger partial charge is 0.462 e. The Labute approximate surface area is 157 Å². The van der Waals surface area contributed by atoms with Crippen LogP contribution in [0.4, 0.5) is 0 Å². The third kappa shape index (κ3) is 13.5. The Balaban J connectivity index is 0.000000590. The van der Waals surface area contributed by atoms with Gasteiger partial charge in [0.15, 0.2) is 0 Å². The van der Waals surface area contributed by atoms with Crippen LogP contribution in [0, 0.1) is 0 Å². The molecule has 0 aliphatic rings. The smallest absolute Gasteiger partial charge is 0.324 e. The number of ether oxygens (including phenoxy) is 2. The second-order valence-corrected chi connectivity index (χ2v) is 5.94. The van der Waals surface area contributed by atoms with Crippen molar-refractivity contribution in [3.8, 4) is 0 Å². The molecule has 0 spiro atoms. The molecule has 148 valence electrons. The molecule has 0 saturated carbocycles. The molecule has 26 heavy (non-hydrogen) atoms. The summed E-state index contributed by atoms with van der Waals surface area (Å²) >= 11 is 0. The average molecular weight is 367 g/mol. The standard InChI is InChI=1S/C12H18N2O3.C8H16O/c1-16-7-8-17-12(15)11(14-13)9-10-5-3-2-4-6-10;1-2-3-4-5-6-7-8-9/h2-6,11,14H,7-9,13H2,1H3;8H,2-7H2,1H3. The van der Waals surface area contributed by atoms with Crippen LogP contribution < -0.4 is 11.3 Å². The van der Waals surface area contributed by atoms with E-state index >= 15 is 0 Å². The van der Waals surface area contributed by atoms with Crippen LogP contribution in [0.1, 0.15) is 51.0 Å². The molecular weight excluding hydrogens is 332 g/mol. The van der Waals surface area contributed by atoms with E-state index in [0.717, 1.165) is 24.7 Å². The molecule has 0 saturated heterocycles. The number of hydrogen-bond donors (Lipinski definition) is 2. The Hall–Kier alpha value is -1.76. The molecule has 1 unspecified atom stereocenters. The van der Waals surface area contributed by atoms with Crippen molar-refractivity contribution in [1.82, 2.24) is 5.43 Å². The molecule has 0 aliphatic heterocycles. The summed E-state index contributed by atoms with van der Waals surface area (Å²) in [5.41, 5.74) is 3.49. The van der Waals surface area contributed by atoms with E-state index in [0.29, 0.717) is 13.0 Å². The summed E-state index contributed by atoms with van der Waals surface area (Å²) in [7, 11) is 1.55. The van der Waals surface area contributed by atoms with E-state index in [2.05, 4.69) is 12.3 Å². The molecule has 0 radical (unpaired) electrons. The Kier molecular flexibility index (Phi) is 16.8. The normalized spacial score (nSPS) is 11.2. The number of carbonyl (C=O) groups is 2. The Morgan fingerprint density at radius 2 is 1.85 bits per heavy atom. The second-order valence-electron chi connectivity index (χ2n) is 5.94. The van der Waals surface area contributed by atoms with Crippen LogP contribution in [-0.2, 0) is 25.5 Å². The molecule has 0 bridgehead atoms. The van der Waals surface area contributed by atoms with Gasteiger partial charge in [-0.2, -0.15) is 0 Å². The average Bonchev–Trinajstić information content (AvgIpc) is 2.67. The fraction of sp³-hybridized carbons (Fsp3) is 0.600. The van der Waals surface area contributed by atoms with E-state index in [1.54, 1.807) is 7.11 Å². The number of hydrogen-bond acceptors (Lipinski definition) is 6. The number of benzene rings is 1. The number of rotatable bonds is 13. The minimum atomic E-state index is -0.533. The summed E-state index contributed by atoms with van der Waals surface area (Å²) in [5, 5.41) is 0. The third-order valence-electron chi connectivity index (χ3n) is 3.73. The lowest BCUT2D eigenvalue weighted by Crippen LogP contribution is -2.44. The molecular formula is C20H34N2O4. The number of unbranched alkanes of at least 4 members (excludes halogenated alkanes) is 5. The van der Waals surface area contributed by atoms with Crippen molar-refractivity contribution < 1.29 is 19.1 Å². The quantitative estimate of drug-likeness (QED) is 0.183. The van der Waals surface area contributed by atoms with Crippen LogP contribution in [-0.4, -0.2) is 38.6 Å². The van der Waals surface area contributed by atoms with Gasteiger partial charge in [0.05, 0.1) is 6.61 Å². The second kappa shape index (κ2) is 18.0. The topological polar surface area (TPSA) is 90.6 Å². The van der Waals surface area contributed by atoms with Crippen LogP contribution in [0.2, 0.25) is 0 Å². The van der Waals surface area contributed by atoms with Gasteiger partial charge in [0, 0.05) is 13.5 Å². The molecule has 3 N–H and O–H groups in total.